The van der Waals surface area contributed by atoms with Gasteiger partial charge in [0.1, 0.15) is 6.04 Å². The smallest absolute Gasteiger partial charge is 0.338 e. The van der Waals surface area contributed by atoms with Crippen molar-refractivity contribution in [2.45, 2.75) is 13.0 Å². The number of aryl methyl sites for hydroxylation is 1. The Hall–Kier alpha value is -1.92. The van der Waals surface area contributed by atoms with E-state index in [9.17, 15) is 14.7 Å². The Morgan fingerprint density at radius 1 is 1.47 bits per heavy atom. The Morgan fingerprint density at radius 3 is 2.89 bits per heavy atom. The van der Waals surface area contributed by atoms with Crippen molar-refractivity contribution in [1.82, 2.24) is 5.32 Å². The summed E-state index contributed by atoms with van der Waals surface area (Å²) in [6.07, 6.45) is 0. The third-order valence-corrected chi connectivity index (χ3v) is 2.98. The molecule has 0 aromatic heterocycles. The van der Waals surface area contributed by atoms with Gasteiger partial charge in [0.15, 0.2) is 0 Å². The Bertz CT molecular complexity index is 495. The van der Waals surface area contributed by atoms with Crippen molar-refractivity contribution in [1.29, 1.82) is 0 Å². The lowest BCUT2D eigenvalue weighted by Crippen LogP contribution is -2.49. The molecule has 1 amide bonds. The third kappa shape index (κ3) is 3.10. The molecule has 0 spiro atoms. The number of benzene rings is 1. The van der Waals surface area contributed by atoms with E-state index in [4.69, 9.17) is 4.74 Å². The summed E-state index contributed by atoms with van der Waals surface area (Å²) >= 11 is 0. The molecule has 1 saturated heterocycles. The highest BCUT2D eigenvalue weighted by atomic mass is 16.5. The molecule has 1 fully saturated rings. The maximum Gasteiger partial charge on any atom is 0.338 e. The van der Waals surface area contributed by atoms with Crippen LogP contribution in [0.2, 0.25) is 0 Å². The van der Waals surface area contributed by atoms with E-state index >= 15 is 0 Å². The molecule has 1 aromatic rings. The Morgan fingerprint density at radius 2 is 2.26 bits per heavy atom. The number of nitrogens with one attached hydrogen (secondary N) is 2. The van der Waals surface area contributed by atoms with Gasteiger partial charge in [-0.2, -0.15) is 0 Å². The monoisotopic (exact) mass is 264 g/mol. The summed E-state index contributed by atoms with van der Waals surface area (Å²) in [5, 5.41) is 14.8. The molecule has 2 rings (SSSR count). The van der Waals surface area contributed by atoms with Crippen LogP contribution in [-0.2, 0) is 9.53 Å². The fourth-order valence-electron chi connectivity index (χ4n) is 2.01. The van der Waals surface area contributed by atoms with Gasteiger partial charge in [0.05, 0.1) is 24.5 Å². The van der Waals surface area contributed by atoms with Crippen molar-refractivity contribution < 1.29 is 19.4 Å². The molecule has 1 atom stereocenters. The normalized spacial score (nSPS) is 18.9. The number of carboxylic acids is 1. The van der Waals surface area contributed by atoms with Crippen LogP contribution in [0.1, 0.15) is 15.9 Å². The molecular weight excluding hydrogens is 248 g/mol. The highest BCUT2D eigenvalue weighted by molar-refractivity contribution is 6.03. The van der Waals surface area contributed by atoms with E-state index in [-0.39, 0.29) is 11.5 Å². The second-order valence-corrected chi connectivity index (χ2v) is 4.37. The quantitative estimate of drug-likeness (QED) is 0.745. The van der Waals surface area contributed by atoms with E-state index < -0.39 is 12.0 Å². The van der Waals surface area contributed by atoms with Gasteiger partial charge < -0.3 is 20.5 Å². The van der Waals surface area contributed by atoms with Crippen molar-refractivity contribution in [3.05, 3.63) is 29.3 Å². The number of anilines is 1. The number of hydrogen-bond acceptors (Lipinski definition) is 4. The van der Waals surface area contributed by atoms with Crippen LogP contribution in [0.25, 0.3) is 0 Å². The average Bonchev–Trinajstić information content (AvgIpc) is 2.39. The molecule has 6 heteroatoms. The van der Waals surface area contributed by atoms with E-state index in [1.54, 1.807) is 25.1 Å². The number of hydrogen-bond donors (Lipinski definition) is 3. The summed E-state index contributed by atoms with van der Waals surface area (Å²) in [4.78, 5) is 23.2. The van der Waals surface area contributed by atoms with Crippen molar-refractivity contribution in [3.63, 3.8) is 0 Å². The van der Waals surface area contributed by atoms with Gasteiger partial charge in [0.2, 0.25) is 5.91 Å². The van der Waals surface area contributed by atoms with Gasteiger partial charge in [0.25, 0.3) is 0 Å². The highest BCUT2D eigenvalue weighted by Gasteiger charge is 2.23. The molecule has 1 aliphatic rings. The minimum atomic E-state index is -1.05. The SMILES string of the molecule is Cc1cccc(NC(=O)C2COCCN2)c1C(=O)O. The van der Waals surface area contributed by atoms with Crippen molar-refractivity contribution in [3.8, 4) is 0 Å². The van der Waals surface area contributed by atoms with Crippen LogP contribution in [0.4, 0.5) is 5.69 Å². The number of aromatic carboxylic acids is 1. The first-order valence-corrected chi connectivity index (χ1v) is 6.04. The molecule has 0 saturated carbocycles. The second kappa shape index (κ2) is 5.81. The number of carbonyl (C=O) groups is 2. The van der Waals surface area contributed by atoms with Gasteiger partial charge in [-0.15, -0.1) is 0 Å². The topological polar surface area (TPSA) is 87.7 Å². The molecule has 1 aromatic carbocycles. The number of ether oxygens (including phenoxy) is 1. The number of morpholine rings is 1. The van der Waals surface area contributed by atoms with Gasteiger partial charge >= 0.3 is 5.97 Å². The molecule has 0 radical (unpaired) electrons. The van der Waals surface area contributed by atoms with Crippen molar-refractivity contribution >= 4 is 17.6 Å². The molecular formula is C13H16N2O4. The fourth-order valence-corrected chi connectivity index (χ4v) is 2.01. The van der Waals surface area contributed by atoms with E-state index in [0.717, 1.165) is 0 Å². The van der Waals surface area contributed by atoms with Crippen LogP contribution < -0.4 is 10.6 Å². The molecule has 19 heavy (non-hydrogen) atoms. The van der Waals surface area contributed by atoms with Crippen LogP contribution in [0.3, 0.4) is 0 Å². The number of carbonyl (C=O) groups excluding carboxylic acids is 1. The molecule has 6 nitrogen and oxygen atoms in total. The largest absolute Gasteiger partial charge is 0.478 e. The van der Waals surface area contributed by atoms with Crippen LogP contribution >= 0.6 is 0 Å². The first kappa shape index (κ1) is 13.5. The fraction of sp³-hybridized carbons (Fsp3) is 0.385. The van der Waals surface area contributed by atoms with Crippen LogP contribution in [0.15, 0.2) is 18.2 Å². The summed E-state index contributed by atoms with van der Waals surface area (Å²) < 4.78 is 5.20. The minimum Gasteiger partial charge on any atom is -0.478 e. The molecule has 1 aliphatic heterocycles. The summed E-state index contributed by atoms with van der Waals surface area (Å²) in [7, 11) is 0. The van der Waals surface area contributed by atoms with Gasteiger partial charge in [-0.1, -0.05) is 12.1 Å². The summed E-state index contributed by atoms with van der Waals surface area (Å²) in [5.74, 6) is -1.34. The minimum absolute atomic E-state index is 0.118. The van der Waals surface area contributed by atoms with Crippen LogP contribution in [0.5, 0.6) is 0 Å². The molecule has 1 unspecified atom stereocenters. The predicted octanol–water partition coefficient (Wildman–Crippen LogP) is 0.620. The van der Waals surface area contributed by atoms with E-state index in [2.05, 4.69) is 10.6 Å². The second-order valence-electron chi connectivity index (χ2n) is 4.37. The zero-order chi connectivity index (χ0) is 13.8. The number of carboxylic acid groups (broad SMARTS) is 1. The van der Waals surface area contributed by atoms with Gasteiger partial charge in [-0.05, 0) is 18.6 Å². The van der Waals surface area contributed by atoms with E-state index in [0.29, 0.717) is 31.0 Å². The van der Waals surface area contributed by atoms with Gasteiger partial charge in [-0.3, -0.25) is 4.79 Å². The third-order valence-electron chi connectivity index (χ3n) is 2.98. The van der Waals surface area contributed by atoms with Gasteiger partial charge in [-0.25, -0.2) is 4.79 Å². The average molecular weight is 264 g/mol. The van der Waals surface area contributed by atoms with E-state index in [1.807, 2.05) is 0 Å². The molecule has 3 N–H and O–H groups in total. The molecule has 0 bridgehead atoms. The molecule has 1 heterocycles. The molecule has 0 aliphatic carbocycles. The van der Waals surface area contributed by atoms with Gasteiger partial charge in [0, 0.05) is 6.54 Å². The Balaban J connectivity index is 2.16. The first-order valence-electron chi connectivity index (χ1n) is 6.04. The lowest BCUT2D eigenvalue weighted by atomic mass is 10.1. The number of rotatable bonds is 3. The van der Waals surface area contributed by atoms with E-state index in [1.165, 1.54) is 0 Å². The van der Waals surface area contributed by atoms with Crippen molar-refractivity contribution in [2.24, 2.45) is 0 Å². The first-order chi connectivity index (χ1) is 9.09. The van der Waals surface area contributed by atoms with Crippen LogP contribution in [-0.4, -0.2) is 42.8 Å². The predicted molar refractivity (Wildman–Crippen MR) is 69.4 cm³/mol. The zero-order valence-electron chi connectivity index (χ0n) is 10.6. The lowest BCUT2D eigenvalue weighted by Gasteiger charge is -2.23. The highest BCUT2D eigenvalue weighted by Crippen LogP contribution is 2.19. The standard InChI is InChI=1S/C13H16N2O4/c1-8-3-2-4-9(11(8)13(17)18)15-12(16)10-7-19-6-5-14-10/h2-4,10,14H,5-7H2,1H3,(H,15,16)(H,17,18). The maximum atomic E-state index is 12.0. The maximum absolute atomic E-state index is 12.0. The van der Waals surface area contributed by atoms with Crippen molar-refractivity contribution in [2.75, 3.05) is 25.1 Å². The summed E-state index contributed by atoms with van der Waals surface area (Å²) in [5.41, 5.74) is 1.04. The van der Waals surface area contributed by atoms with Crippen LogP contribution in [0, 0.1) is 6.92 Å². The summed E-state index contributed by atoms with van der Waals surface area (Å²) in [6.45, 7) is 3.17. The zero-order valence-corrected chi connectivity index (χ0v) is 10.6. The number of amides is 1. The Labute approximate surface area is 110 Å². The lowest BCUT2D eigenvalue weighted by molar-refractivity contribution is -0.120. The summed E-state index contributed by atoms with van der Waals surface area (Å²) in [6, 6.07) is 4.54. The molecule has 102 valence electrons. The Kier molecular flexibility index (Phi) is 4.13.